The van der Waals surface area contributed by atoms with E-state index in [0.717, 1.165) is 16.3 Å². The van der Waals surface area contributed by atoms with Gasteiger partial charge in [0.05, 0.1) is 6.54 Å². The molecule has 1 aromatic heterocycles. The molecular formula is C16H15FN2O3S. The molecule has 1 N–H and O–H groups in total. The average Bonchev–Trinajstić information content (AvgIpc) is 3.14. The van der Waals surface area contributed by atoms with Crippen LogP contribution in [0.25, 0.3) is 10.6 Å². The number of carbonyl (C=O) groups is 2. The number of thiazole rings is 1. The smallest absolute Gasteiger partial charge is 0.343 e. The Morgan fingerprint density at radius 3 is 2.83 bits per heavy atom. The molecule has 1 aromatic carbocycles. The Balaban J connectivity index is 1.82. The standard InChI is InChI=1S/C16H15FN2O3S/c1-10-8-23-13(18-10)11-3-2-4-12(7-11)14(20)19-6-5-16(17,9-19)15(21)22/h2-4,7-8H,5-6,9H2,1H3,(H,21,22). The molecule has 0 spiro atoms. The number of rotatable bonds is 3. The van der Waals surface area contributed by atoms with E-state index in [4.69, 9.17) is 5.11 Å². The van der Waals surface area contributed by atoms with Gasteiger partial charge in [0, 0.05) is 35.2 Å². The van der Waals surface area contributed by atoms with Crippen molar-refractivity contribution in [1.29, 1.82) is 0 Å². The van der Waals surface area contributed by atoms with Crippen LogP contribution in [-0.2, 0) is 4.79 Å². The molecule has 1 atom stereocenters. The number of carboxylic acid groups (broad SMARTS) is 1. The monoisotopic (exact) mass is 334 g/mol. The third-order valence-electron chi connectivity index (χ3n) is 3.87. The zero-order valence-electron chi connectivity index (χ0n) is 12.5. The molecule has 1 aliphatic heterocycles. The maximum atomic E-state index is 14.1. The van der Waals surface area contributed by atoms with Crippen LogP contribution >= 0.6 is 11.3 Å². The fourth-order valence-corrected chi connectivity index (χ4v) is 3.37. The van der Waals surface area contributed by atoms with Crippen molar-refractivity contribution in [2.24, 2.45) is 0 Å². The molecule has 1 amide bonds. The fourth-order valence-electron chi connectivity index (χ4n) is 2.58. The van der Waals surface area contributed by atoms with E-state index in [1.54, 1.807) is 18.2 Å². The number of amides is 1. The first-order valence-electron chi connectivity index (χ1n) is 7.13. The Morgan fingerprint density at radius 1 is 1.43 bits per heavy atom. The van der Waals surface area contributed by atoms with Gasteiger partial charge in [0.2, 0.25) is 5.67 Å². The van der Waals surface area contributed by atoms with E-state index in [1.165, 1.54) is 16.2 Å². The molecule has 1 unspecified atom stereocenters. The minimum atomic E-state index is -2.35. The second-order valence-corrected chi connectivity index (χ2v) is 6.48. The molecule has 3 rings (SSSR count). The molecule has 2 heterocycles. The van der Waals surface area contributed by atoms with Gasteiger partial charge in [-0.1, -0.05) is 12.1 Å². The van der Waals surface area contributed by atoms with Crippen molar-refractivity contribution in [3.63, 3.8) is 0 Å². The zero-order valence-corrected chi connectivity index (χ0v) is 13.3. The van der Waals surface area contributed by atoms with Crippen molar-refractivity contribution >= 4 is 23.2 Å². The van der Waals surface area contributed by atoms with Crippen LogP contribution < -0.4 is 0 Å². The molecule has 7 heteroatoms. The van der Waals surface area contributed by atoms with E-state index < -0.39 is 18.2 Å². The van der Waals surface area contributed by atoms with E-state index in [0.29, 0.717) is 5.56 Å². The minimum absolute atomic E-state index is 0.0994. The van der Waals surface area contributed by atoms with E-state index in [1.807, 2.05) is 18.4 Å². The first-order valence-corrected chi connectivity index (χ1v) is 8.01. The summed E-state index contributed by atoms with van der Waals surface area (Å²) in [5.41, 5.74) is -0.215. The SMILES string of the molecule is Cc1csc(-c2cccc(C(=O)N3CCC(F)(C(=O)O)C3)c2)n1. The molecule has 0 radical (unpaired) electrons. The van der Waals surface area contributed by atoms with Gasteiger partial charge >= 0.3 is 5.97 Å². The number of carboxylic acids is 1. The van der Waals surface area contributed by atoms with Gasteiger partial charge in [0.1, 0.15) is 5.01 Å². The summed E-state index contributed by atoms with van der Waals surface area (Å²) in [5.74, 6) is -1.87. The Labute approximate surface area is 136 Å². The van der Waals surface area contributed by atoms with Crippen LogP contribution in [0.5, 0.6) is 0 Å². The number of aromatic nitrogens is 1. The number of alkyl halides is 1. The van der Waals surface area contributed by atoms with Gasteiger partial charge in [-0.05, 0) is 19.1 Å². The van der Waals surface area contributed by atoms with E-state index in [2.05, 4.69) is 4.98 Å². The third kappa shape index (κ3) is 2.96. The van der Waals surface area contributed by atoms with Crippen molar-refractivity contribution in [1.82, 2.24) is 9.88 Å². The lowest BCUT2D eigenvalue weighted by molar-refractivity contribution is -0.149. The summed E-state index contributed by atoms with van der Waals surface area (Å²) in [6.45, 7) is 1.58. The van der Waals surface area contributed by atoms with Gasteiger partial charge < -0.3 is 10.0 Å². The lowest BCUT2D eigenvalue weighted by Gasteiger charge is -2.18. The quantitative estimate of drug-likeness (QED) is 0.937. The highest BCUT2D eigenvalue weighted by Crippen LogP contribution is 2.29. The molecule has 1 aliphatic rings. The number of hydrogen-bond acceptors (Lipinski definition) is 4. The molecule has 0 bridgehead atoms. The van der Waals surface area contributed by atoms with Crippen LogP contribution in [0.15, 0.2) is 29.6 Å². The molecule has 120 valence electrons. The molecule has 2 aromatic rings. The number of aryl methyl sites for hydroxylation is 1. The number of nitrogens with zero attached hydrogens (tertiary/aromatic N) is 2. The summed E-state index contributed by atoms with van der Waals surface area (Å²) in [6, 6.07) is 6.95. The highest BCUT2D eigenvalue weighted by Gasteiger charge is 2.46. The Hall–Kier alpha value is -2.28. The summed E-state index contributed by atoms with van der Waals surface area (Å²) in [4.78, 5) is 29.1. The van der Waals surface area contributed by atoms with Gasteiger partial charge in [-0.25, -0.2) is 14.2 Å². The Kier molecular flexibility index (Phi) is 3.89. The van der Waals surface area contributed by atoms with Crippen LogP contribution in [0.3, 0.4) is 0 Å². The third-order valence-corrected chi connectivity index (χ3v) is 4.87. The van der Waals surface area contributed by atoms with E-state index in [9.17, 15) is 14.0 Å². The molecule has 0 saturated carbocycles. The molecule has 5 nitrogen and oxygen atoms in total. The van der Waals surface area contributed by atoms with Crippen LogP contribution in [0, 0.1) is 6.92 Å². The highest BCUT2D eigenvalue weighted by molar-refractivity contribution is 7.13. The first-order chi connectivity index (χ1) is 10.9. The topological polar surface area (TPSA) is 70.5 Å². The minimum Gasteiger partial charge on any atom is -0.479 e. The molecule has 1 fully saturated rings. The van der Waals surface area contributed by atoms with Gasteiger partial charge in [0.15, 0.2) is 0 Å². The fraction of sp³-hybridized carbons (Fsp3) is 0.312. The van der Waals surface area contributed by atoms with E-state index in [-0.39, 0.29) is 18.9 Å². The maximum absolute atomic E-state index is 14.1. The van der Waals surface area contributed by atoms with Crippen molar-refractivity contribution in [3.05, 3.63) is 40.9 Å². The lowest BCUT2D eigenvalue weighted by atomic mass is 10.1. The number of carbonyl (C=O) groups excluding carboxylic acids is 1. The summed E-state index contributed by atoms with van der Waals surface area (Å²) in [6.07, 6.45) is -0.181. The van der Waals surface area contributed by atoms with Crippen molar-refractivity contribution in [2.45, 2.75) is 19.0 Å². The first kappa shape index (κ1) is 15.6. The summed E-state index contributed by atoms with van der Waals surface area (Å²) < 4.78 is 14.1. The number of likely N-dealkylation sites (tertiary alicyclic amines) is 1. The molecule has 0 aliphatic carbocycles. The van der Waals surface area contributed by atoms with Crippen molar-refractivity contribution < 1.29 is 19.1 Å². The second-order valence-electron chi connectivity index (χ2n) is 5.62. The largest absolute Gasteiger partial charge is 0.479 e. The van der Waals surface area contributed by atoms with Crippen LogP contribution in [0.1, 0.15) is 22.5 Å². The van der Waals surface area contributed by atoms with Crippen LogP contribution in [0.4, 0.5) is 4.39 Å². The summed E-state index contributed by atoms with van der Waals surface area (Å²) in [7, 11) is 0. The number of benzene rings is 1. The normalized spacial score (nSPS) is 20.7. The van der Waals surface area contributed by atoms with Crippen molar-refractivity contribution in [3.8, 4) is 10.6 Å². The molecule has 23 heavy (non-hydrogen) atoms. The predicted molar refractivity (Wildman–Crippen MR) is 84.3 cm³/mol. The van der Waals surface area contributed by atoms with Crippen LogP contribution in [0.2, 0.25) is 0 Å². The predicted octanol–water partition coefficient (Wildman–Crippen LogP) is 2.76. The van der Waals surface area contributed by atoms with Gasteiger partial charge in [0.25, 0.3) is 5.91 Å². The maximum Gasteiger partial charge on any atom is 0.343 e. The number of hydrogen-bond donors (Lipinski definition) is 1. The number of aliphatic carboxylic acids is 1. The van der Waals surface area contributed by atoms with Gasteiger partial charge in [-0.3, -0.25) is 4.79 Å². The second kappa shape index (κ2) is 5.73. The zero-order chi connectivity index (χ0) is 16.6. The van der Waals surface area contributed by atoms with Crippen molar-refractivity contribution in [2.75, 3.05) is 13.1 Å². The molecule has 1 saturated heterocycles. The average molecular weight is 334 g/mol. The summed E-state index contributed by atoms with van der Waals surface area (Å²) in [5, 5.41) is 11.7. The van der Waals surface area contributed by atoms with Crippen LogP contribution in [-0.4, -0.2) is 45.6 Å². The Bertz CT molecular complexity index is 776. The van der Waals surface area contributed by atoms with E-state index >= 15 is 0 Å². The lowest BCUT2D eigenvalue weighted by Crippen LogP contribution is -2.38. The summed E-state index contributed by atoms with van der Waals surface area (Å²) >= 11 is 1.49. The van der Waals surface area contributed by atoms with Gasteiger partial charge in [-0.2, -0.15) is 0 Å². The molecular weight excluding hydrogens is 319 g/mol. The highest BCUT2D eigenvalue weighted by atomic mass is 32.1. The number of halogens is 1. The van der Waals surface area contributed by atoms with Gasteiger partial charge in [-0.15, -0.1) is 11.3 Å². The Morgan fingerprint density at radius 2 is 2.22 bits per heavy atom.